The molecular formula is C17H21ClN4O. The molecule has 1 aliphatic carbocycles. The molecule has 0 aliphatic heterocycles. The van der Waals surface area contributed by atoms with Crippen molar-refractivity contribution in [1.29, 1.82) is 0 Å². The Balaban J connectivity index is 1.63. The van der Waals surface area contributed by atoms with E-state index in [1.54, 1.807) is 6.26 Å². The molecule has 1 saturated carbocycles. The summed E-state index contributed by atoms with van der Waals surface area (Å²) in [6.07, 6.45) is 3.90. The average Bonchev–Trinajstić information content (AvgIpc) is 3.17. The third-order valence-electron chi connectivity index (χ3n) is 4.12. The number of hydrogen-bond acceptors (Lipinski definition) is 3. The molecule has 1 aromatic heterocycles. The van der Waals surface area contributed by atoms with Crippen LogP contribution in [0, 0.1) is 0 Å². The van der Waals surface area contributed by atoms with Crippen molar-refractivity contribution in [2.75, 3.05) is 13.1 Å². The summed E-state index contributed by atoms with van der Waals surface area (Å²) in [5.41, 5.74) is 2.29. The maximum absolute atomic E-state index is 6.13. The molecule has 0 bridgehead atoms. The van der Waals surface area contributed by atoms with Gasteiger partial charge < -0.3 is 15.2 Å². The van der Waals surface area contributed by atoms with Crippen LogP contribution < -0.4 is 10.6 Å². The highest BCUT2D eigenvalue weighted by molar-refractivity contribution is 6.30. The Kier molecular flexibility index (Phi) is 4.86. The smallest absolute Gasteiger partial charge is 0.191 e. The molecule has 0 radical (unpaired) electrons. The topological polar surface area (TPSA) is 62.5 Å². The lowest BCUT2D eigenvalue weighted by Crippen LogP contribution is -2.41. The van der Waals surface area contributed by atoms with Crippen molar-refractivity contribution in [3.05, 3.63) is 52.9 Å². The Hall–Kier alpha value is -2.01. The van der Waals surface area contributed by atoms with Crippen LogP contribution in [0.15, 0.2) is 46.1 Å². The zero-order chi connectivity index (χ0) is 16.1. The Labute approximate surface area is 141 Å². The van der Waals surface area contributed by atoms with Crippen molar-refractivity contribution < 1.29 is 4.52 Å². The number of nitrogens with one attached hydrogen (secondary N) is 2. The second-order valence-corrected chi connectivity index (χ2v) is 6.27. The van der Waals surface area contributed by atoms with Crippen molar-refractivity contribution in [2.24, 2.45) is 4.99 Å². The highest BCUT2D eigenvalue weighted by Crippen LogP contribution is 2.48. The third-order valence-corrected chi connectivity index (χ3v) is 4.35. The molecule has 5 nitrogen and oxygen atoms in total. The monoisotopic (exact) mass is 332 g/mol. The van der Waals surface area contributed by atoms with Crippen LogP contribution in [0.3, 0.4) is 0 Å². The fourth-order valence-corrected chi connectivity index (χ4v) is 2.80. The van der Waals surface area contributed by atoms with E-state index >= 15 is 0 Å². The summed E-state index contributed by atoms with van der Waals surface area (Å²) in [5.74, 6) is 0.795. The van der Waals surface area contributed by atoms with Crippen LogP contribution in [0.1, 0.15) is 31.0 Å². The predicted molar refractivity (Wildman–Crippen MR) is 91.7 cm³/mol. The van der Waals surface area contributed by atoms with Gasteiger partial charge in [0.15, 0.2) is 5.96 Å². The van der Waals surface area contributed by atoms with Crippen LogP contribution in [0.4, 0.5) is 0 Å². The minimum atomic E-state index is 0.176. The number of guanidine groups is 1. The number of rotatable bonds is 6. The SMILES string of the molecule is CCNC(=NCc1ccon1)NCC1(c2cccc(Cl)c2)CC1. The molecule has 23 heavy (non-hydrogen) atoms. The molecule has 0 unspecified atom stereocenters. The van der Waals surface area contributed by atoms with Crippen LogP contribution in [0.2, 0.25) is 5.02 Å². The average molecular weight is 333 g/mol. The molecule has 3 rings (SSSR count). The second-order valence-electron chi connectivity index (χ2n) is 5.83. The minimum Gasteiger partial charge on any atom is -0.364 e. The molecule has 1 fully saturated rings. The van der Waals surface area contributed by atoms with Gasteiger partial charge in [0.2, 0.25) is 0 Å². The predicted octanol–water partition coefficient (Wildman–Crippen LogP) is 3.11. The maximum Gasteiger partial charge on any atom is 0.191 e. The van der Waals surface area contributed by atoms with Crippen LogP contribution >= 0.6 is 11.6 Å². The largest absolute Gasteiger partial charge is 0.364 e. The van der Waals surface area contributed by atoms with Gasteiger partial charge in [-0.1, -0.05) is 28.9 Å². The summed E-state index contributed by atoms with van der Waals surface area (Å²) < 4.78 is 4.83. The number of halogens is 1. The van der Waals surface area contributed by atoms with Crippen LogP contribution in [0.25, 0.3) is 0 Å². The Morgan fingerprint density at radius 3 is 2.87 bits per heavy atom. The first-order valence-corrected chi connectivity index (χ1v) is 8.27. The first kappa shape index (κ1) is 15.9. The van der Waals surface area contributed by atoms with Crippen molar-refractivity contribution in [3.8, 4) is 0 Å². The number of benzene rings is 1. The van der Waals surface area contributed by atoms with Gasteiger partial charge in [0.1, 0.15) is 12.0 Å². The van der Waals surface area contributed by atoms with E-state index in [-0.39, 0.29) is 5.41 Å². The molecule has 2 aromatic rings. The van der Waals surface area contributed by atoms with E-state index in [2.05, 4.69) is 39.8 Å². The van der Waals surface area contributed by atoms with E-state index in [9.17, 15) is 0 Å². The summed E-state index contributed by atoms with van der Waals surface area (Å²) in [7, 11) is 0. The molecule has 122 valence electrons. The van der Waals surface area contributed by atoms with E-state index in [0.29, 0.717) is 6.54 Å². The summed E-state index contributed by atoms with van der Waals surface area (Å²) >= 11 is 6.13. The van der Waals surface area contributed by atoms with Gasteiger partial charge in [0.25, 0.3) is 0 Å². The van der Waals surface area contributed by atoms with E-state index in [1.165, 1.54) is 18.4 Å². The van der Waals surface area contributed by atoms with Gasteiger partial charge in [-0.3, -0.25) is 0 Å². The van der Waals surface area contributed by atoms with Crippen molar-refractivity contribution >= 4 is 17.6 Å². The molecule has 2 N–H and O–H groups in total. The Bertz CT molecular complexity index is 665. The van der Waals surface area contributed by atoms with E-state index < -0.39 is 0 Å². The summed E-state index contributed by atoms with van der Waals surface area (Å²) in [6.45, 7) is 4.21. The third kappa shape index (κ3) is 4.05. The molecule has 0 saturated heterocycles. The lowest BCUT2D eigenvalue weighted by atomic mass is 9.96. The van der Waals surface area contributed by atoms with Gasteiger partial charge in [-0.05, 0) is 37.5 Å². The lowest BCUT2D eigenvalue weighted by Gasteiger charge is -2.19. The molecule has 1 aromatic carbocycles. The number of aliphatic imine (C=N–C) groups is 1. The van der Waals surface area contributed by atoms with Gasteiger partial charge >= 0.3 is 0 Å². The van der Waals surface area contributed by atoms with Crippen LogP contribution in [-0.4, -0.2) is 24.2 Å². The zero-order valence-electron chi connectivity index (χ0n) is 13.2. The standard InChI is InChI=1S/C17H21ClN4O/c1-2-19-16(20-11-15-6-9-23-22-15)21-12-17(7-8-17)13-4-3-5-14(18)10-13/h3-6,9-10H,2,7-8,11-12H2,1H3,(H2,19,20,21). The van der Waals surface area contributed by atoms with Gasteiger partial charge in [-0.25, -0.2) is 4.99 Å². The van der Waals surface area contributed by atoms with Gasteiger partial charge in [-0.15, -0.1) is 0 Å². The first-order chi connectivity index (χ1) is 11.2. The molecular weight excluding hydrogens is 312 g/mol. The Morgan fingerprint density at radius 2 is 2.22 bits per heavy atom. The maximum atomic E-state index is 6.13. The van der Waals surface area contributed by atoms with E-state index in [4.69, 9.17) is 16.1 Å². The normalized spacial score (nSPS) is 16.2. The van der Waals surface area contributed by atoms with Crippen molar-refractivity contribution in [3.63, 3.8) is 0 Å². The summed E-state index contributed by atoms with van der Waals surface area (Å²) in [5, 5.41) is 11.4. The van der Waals surface area contributed by atoms with Crippen LogP contribution in [-0.2, 0) is 12.0 Å². The number of nitrogens with zero attached hydrogens (tertiary/aromatic N) is 2. The highest BCUT2D eigenvalue weighted by Gasteiger charge is 2.44. The number of aromatic nitrogens is 1. The molecule has 6 heteroatoms. The highest BCUT2D eigenvalue weighted by atomic mass is 35.5. The summed E-state index contributed by atoms with van der Waals surface area (Å²) in [4.78, 5) is 4.54. The van der Waals surface area contributed by atoms with Gasteiger partial charge in [-0.2, -0.15) is 0 Å². The van der Waals surface area contributed by atoms with Crippen molar-refractivity contribution in [1.82, 2.24) is 15.8 Å². The van der Waals surface area contributed by atoms with Gasteiger partial charge in [0.05, 0.1) is 6.54 Å². The molecule has 0 atom stereocenters. The number of hydrogen-bond donors (Lipinski definition) is 2. The zero-order valence-corrected chi connectivity index (χ0v) is 13.9. The van der Waals surface area contributed by atoms with Crippen molar-refractivity contribution in [2.45, 2.75) is 31.7 Å². The molecule has 0 amide bonds. The van der Waals surface area contributed by atoms with E-state index in [1.807, 2.05) is 18.2 Å². The van der Waals surface area contributed by atoms with E-state index in [0.717, 1.165) is 29.8 Å². The fraction of sp³-hybridized carbons (Fsp3) is 0.412. The second kappa shape index (κ2) is 7.04. The fourth-order valence-electron chi connectivity index (χ4n) is 2.61. The summed E-state index contributed by atoms with van der Waals surface area (Å²) in [6, 6.07) is 9.97. The van der Waals surface area contributed by atoms with Crippen LogP contribution in [0.5, 0.6) is 0 Å². The lowest BCUT2D eigenvalue weighted by molar-refractivity contribution is 0.412. The van der Waals surface area contributed by atoms with Gasteiger partial charge in [0, 0.05) is 29.6 Å². The Morgan fingerprint density at radius 1 is 1.35 bits per heavy atom. The first-order valence-electron chi connectivity index (χ1n) is 7.89. The quantitative estimate of drug-likeness (QED) is 0.630. The molecule has 1 heterocycles. The molecule has 1 aliphatic rings. The minimum absolute atomic E-state index is 0.176. The molecule has 0 spiro atoms.